The zero-order valence-corrected chi connectivity index (χ0v) is 6.74. The highest BCUT2D eigenvalue weighted by molar-refractivity contribution is 6.30. The molecular weight excluding hydrogens is 148 g/mol. The van der Waals surface area contributed by atoms with Crippen LogP contribution >= 0.6 is 11.6 Å². The number of hydrogen-bond donors (Lipinski definition) is 1. The average Bonchev–Trinajstić information content (AvgIpc) is 1.95. The molecule has 1 heterocycles. The number of rotatable bonds is 1. The number of nitrogens with zero attached hydrogens (tertiary/aromatic N) is 1. The van der Waals surface area contributed by atoms with Crippen molar-refractivity contribution in [2.24, 2.45) is 0 Å². The number of anilines is 1. The van der Waals surface area contributed by atoms with E-state index in [-0.39, 0.29) is 0 Å². The molecule has 0 spiro atoms. The van der Waals surface area contributed by atoms with E-state index in [1.165, 1.54) is 0 Å². The van der Waals surface area contributed by atoms with Crippen LogP contribution in [-0.4, -0.2) is 12.0 Å². The Morgan fingerprint density at radius 2 is 2.30 bits per heavy atom. The normalized spacial score (nSPS) is 9.50. The van der Waals surface area contributed by atoms with Gasteiger partial charge in [-0.15, -0.1) is 0 Å². The van der Waals surface area contributed by atoms with Gasteiger partial charge in [0.25, 0.3) is 0 Å². The Bertz CT molecular complexity index is 235. The van der Waals surface area contributed by atoms with Crippen molar-refractivity contribution in [2.75, 3.05) is 12.4 Å². The zero-order chi connectivity index (χ0) is 7.56. The van der Waals surface area contributed by atoms with Crippen molar-refractivity contribution in [3.05, 3.63) is 23.0 Å². The maximum absolute atomic E-state index is 5.74. The van der Waals surface area contributed by atoms with Gasteiger partial charge in [0.1, 0.15) is 5.15 Å². The van der Waals surface area contributed by atoms with E-state index in [1.54, 1.807) is 6.20 Å². The van der Waals surface area contributed by atoms with Gasteiger partial charge < -0.3 is 5.32 Å². The predicted octanol–water partition coefficient (Wildman–Crippen LogP) is 2.09. The largest absolute Gasteiger partial charge is 0.388 e. The summed E-state index contributed by atoms with van der Waals surface area (Å²) in [4.78, 5) is 3.91. The van der Waals surface area contributed by atoms with Crippen LogP contribution in [0.25, 0.3) is 0 Å². The summed E-state index contributed by atoms with van der Waals surface area (Å²) in [5, 5.41) is 3.57. The maximum atomic E-state index is 5.74. The molecule has 1 aromatic rings. The number of nitrogens with one attached hydrogen (secondary N) is 1. The van der Waals surface area contributed by atoms with Crippen LogP contribution in [0.2, 0.25) is 5.15 Å². The topological polar surface area (TPSA) is 24.9 Å². The first kappa shape index (κ1) is 7.35. The van der Waals surface area contributed by atoms with Crippen LogP contribution < -0.4 is 5.32 Å². The first-order valence-corrected chi connectivity index (χ1v) is 3.42. The van der Waals surface area contributed by atoms with Gasteiger partial charge in [-0.25, -0.2) is 4.98 Å². The van der Waals surface area contributed by atoms with Crippen LogP contribution in [0.4, 0.5) is 5.69 Å². The minimum atomic E-state index is 0.562. The molecule has 1 N–H and O–H groups in total. The molecule has 0 aliphatic carbocycles. The summed E-state index contributed by atoms with van der Waals surface area (Å²) < 4.78 is 0. The third-order valence-electron chi connectivity index (χ3n) is 1.41. The van der Waals surface area contributed by atoms with E-state index in [1.807, 2.05) is 20.0 Å². The highest BCUT2D eigenvalue weighted by Gasteiger charge is 1.98. The fourth-order valence-corrected chi connectivity index (χ4v) is 0.939. The molecule has 2 nitrogen and oxygen atoms in total. The molecular formula is C7H9ClN2. The van der Waals surface area contributed by atoms with Gasteiger partial charge in [0, 0.05) is 24.5 Å². The van der Waals surface area contributed by atoms with E-state index in [0.717, 1.165) is 11.3 Å². The summed E-state index contributed by atoms with van der Waals surface area (Å²) in [6, 6.07) is 1.89. The highest BCUT2D eigenvalue weighted by Crippen LogP contribution is 2.19. The van der Waals surface area contributed by atoms with Crippen LogP contribution in [0, 0.1) is 6.92 Å². The van der Waals surface area contributed by atoms with E-state index in [9.17, 15) is 0 Å². The Kier molecular flexibility index (Phi) is 2.12. The molecule has 1 aromatic heterocycles. The first-order chi connectivity index (χ1) is 4.75. The molecule has 0 radical (unpaired) electrons. The molecule has 0 aliphatic rings. The fourth-order valence-electron chi connectivity index (χ4n) is 0.781. The zero-order valence-electron chi connectivity index (χ0n) is 5.98. The summed E-state index contributed by atoms with van der Waals surface area (Å²) in [7, 11) is 1.86. The van der Waals surface area contributed by atoms with Gasteiger partial charge in [0.05, 0.1) is 0 Å². The smallest absolute Gasteiger partial charge is 0.133 e. The monoisotopic (exact) mass is 156 g/mol. The van der Waals surface area contributed by atoms with Gasteiger partial charge in [-0.3, -0.25) is 0 Å². The summed E-state index contributed by atoms with van der Waals surface area (Å²) in [6.45, 7) is 1.93. The first-order valence-electron chi connectivity index (χ1n) is 3.04. The molecule has 0 fully saturated rings. The lowest BCUT2D eigenvalue weighted by molar-refractivity contribution is 1.26. The van der Waals surface area contributed by atoms with Gasteiger partial charge in [0.15, 0.2) is 0 Å². The van der Waals surface area contributed by atoms with Crippen LogP contribution in [0.5, 0.6) is 0 Å². The molecule has 1 rings (SSSR count). The number of hydrogen-bond acceptors (Lipinski definition) is 2. The van der Waals surface area contributed by atoms with Gasteiger partial charge in [-0.2, -0.15) is 0 Å². The maximum Gasteiger partial charge on any atom is 0.133 e. The van der Waals surface area contributed by atoms with Crippen molar-refractivity contribution < 1.29 is 0 Å². The van der Waals surface area contributed by atoms with E-state index in [0.29, 0.717) is 5.15 Å². The lowest BCUT2D eigenvalue weighted by Crippen LogP contribution is -1.92. The van der Waals surface area contributed by atoms with Gasteiger partial charge >= 0.3 is 0 Å². The molecule has 0 unspecified atom stereocenters. The standard InChI is InChI=1S/C7H9ClN2/c1-5-6(9-2)3-4-10-7(5)8/h3-4H,1-2H3,(H,9,10). The Morgan fingerprint density at radius 3 is 2.80 bits per heavy atom. The Hall–Kier alpha value is -0.760. The van der Waals surface area contributed by atoms with E-state index >= 15 is 0 Å². The second kappa shape index (κ2) is 2.88. The van der Waals surface area contributed by atoms with E-state index in [4.69, 9.17) is 11.6 Å². The third-order valence-corrected chi connectivity index (χ3v) is 1.79. The van der Waals surface area contributed by atoms with Gasteiger partial charge in [-0.1, -0.05) is 11.6 Å². The van der Waals surface area contributed by atoms with Crippen molar-refractivity contribution in [3.8, 4) is 0 Å². The predicted molar refractivity (Wildman–Crippen MR) is 43.5 cm³/mol. The molecule has 0 saturated carbocycles. The summed E-state index contributed by atoms with van der Waals surface area (Å²) in [5.41, 5.74) is 2.02. The van der Waals surface area contributed by atoms with Crippen LogP contribution in [0.1, 0.15) is 5.56 Å². The summed E-state index contributed by atoms with van der Waals surface area (Å²) in [5.74, 6) is 0. The van der Waals surface area contributed by atoms with Crippen LogP contribution in [-0.2, 0) is 0 Å². The minimum Gasteiger partial charge on any atom is -0.388 e. The minimum absolute atomic E-state index is 0.562. The van der Waals surface area contributed by atoms with Crippen molar-refractivity contribution >= 4 is 17.3 Å². The fraction of sp³-hybridized carbons (Fsp3) is 0.286. The van der Waals surface area contributed by atoms with Gasteiger partial charge in [-0.05, 0) is 13.0 Å². The highest BCUT2D eigenvalue weighted by atomic mass is 35.5. The molecule has 0 atom stereocenters. The van der Waals surface area contributed by atoms with Crippen molar-refractivity contribution in [3.63, 3.8) is 0 Å². The Balaban J connectivity index is 3.14. The number of pyridine rings is 1. The quantitative estimate of drug-likeness (QED) is 0.630. The van der Waals surface area contributed by atoms with E-state index in [2.05, 4.69) is 10.3 Å². The molecule has 54 valence electrons. The molecule has 0 aliphatic heterocycles. The lowest BCUT2D eigenvalue weighted by atomic mass is 10.3. The number of halogens is 1. The SMILES string of the molecule is CNc1ccnc(Cl)c1C. The van der Waals surface area contributed by atoms with Crippen molar-refractivity contribution in [1.29, 1.82) is 0 Å². The molecule has 0 aromatic carbocycles. The second-order valence-electron chi connectivity index (χ2n) is 2.02. The number of aromatic nitrogens is 1. The van der Waals surface area contributed by atoms with E-state index < -0.39 is 0 Å². The van der Waals surface area contributed by atoms with Crippen molar-refractivity contribution in [1.82, 2.24) is 4.98 Å². The average molecular weight is 157 g/mol. The van der Waals surface area contributed by atoms with Crippen molar-refractivity contribution in [2.45, 2.75) is 6.92 Å². The molecule has 0 bridgehead atoms. The van der Waals surface area contributed by atoms with Gasteiger partial charge in [0.2, 0.25) is 0 Å². The molecule has 10 heavy (non-hydrogen) atoms. The van der Waals surface area contributed by atoms with Crippen LogP contribution in [0.15, 0.2) is 12.3 Å². The molecule has 0 saturated heterocycles. The molecule has 3 heteroatoms. The summed E-state index contributed by atoms with van der Waals surface area (Å²) >= 11 is 5.74. The lowest BCUT2D eigenvalue weighted by Gasteiger charge is -2.03. The van der Waals surface area contributed by atoms with Crippen LogP contribution in [0.3, 0.4) is 0 Å². The summed E-state index contributed by atoms with van der Waals surface area (Å²) in [6.07, 6.45) is 1.68. The Morgan fingerprint density at radius 1 is 1.60 bits per heavy atom. The Labute approximate surface area is 65.2 Å². The third kappa shape index (κ3) is 1.21. The second-order valence-corrected chi connectivity index (χ2v) is 2.38. The molecule has 0 amide bonds.